The highest BCUT2D eigenvalue weighted by Crippen LogP contribution is 2.38. The lowest BCUT2D eigenvalue weighted by Crippen LogP contribution is -2.51. The predicted octanol–water partition coefficient (Wildman–Crippen LogP) is 17.8. The van der Waals surface area contributed by atoms with E-state index in [2.05, 4.69) is 92.1 Å². The molecule has 0 saturated heterocycles. The van der Waals surface area contributed by atoms with Gasteiger partial charge in [0.2, 0.25) is 5.91 Å². The van der Waals surface area contributed by atoms with Crippen LogP contribution in [0.3, 0.4) is 0 Å². The molecule has 0 aliphatic heterocycles. The molecule has 10 heteroatoms. The molecule has 4 unspecified atom stereocenters. The number of hydrogen-bond acceptors (Lipinski definition) is 7. The maximum Gasteiger partial charge on any atom is 0.268 e. The van der Waals surface area contributed by atoms with E-state index in [1.54, 1.807) is 0 Å². The zero-order valence-electron chi connectivity index (χ0n) is 49.6. The van der Waals surface area contributed by atoms with Crippen molar-refractivity contribution < 1.29 is 38.0 Å². The number of phosphoric ester groups is 1. The summed E-state index contributed by atoms with van der Waals surface area (Å²) in [5.74, 6) is -0.276. The minimum absolute atomic E-state index is 0.0406. The van der Waals surface area contributed by atoms with Crippen LogP contribution in [0.1, 0.15) is 277 Å². The number of amides is 1. The van der Waals surface area contributed by atoms with Gasteiger partial charge in [0, 0.05) is 6.42 Å². The number of carbonyl (C=O) groups is 1. The van der Waals surface area contributed by atoms with Gasteiger partial charge in [-0.05, 0) is 64.2 Å². The maximum absolute atomic E-state index is 13.0. The third-order valence-corrected chi connectivity index (χ3v) is 15.0. The number of hydrogen-bond donors (Lipinski definition) is 3. The Balaban J connectivity index is 3.98. The highest BCUT2D eigenvalue weighted by molar-refractivity contribution is 7.45. The Morgan fingerprint density at radius 3 is 1.23 bits per heavy atom. The smallest absolute Gasteiger partial charge is 0.268 e. The van der Waals surface area contributed by atoms with Crippen LogP contribution in [0.5, 0.6) is 0 Å². The van der Waals surface area contributed by atoms with E-state index in [1.165, 1.54) is 173 Å². The molecule has 75 heavy (non-hydrogen) atoms. The average Bonchev–Trinajstić information content (AvgIpc) is 3.37. The van der Waals surface area contributed by atoms with Crippen molar-refractivity contribution in [2.75, 3.05) is 40.9 Å². The van der Waals surface area contributed by atoms with Gasteiger partial charge in [-0.2, -0.15) is 0 Å². The number of unbranched alkanes of at least 4 members (excludes halogenated alkanes) is 31. The SMILES string of the molecule is CC/C=C\C/C=C\C/C=C\C/C=C\C/C=C\C/C=C\CCCCCCCCCCCCCCCCCCCCCCC(=O)NC(COP(=O)([O-])OCC[N+](C)(C)C)C(O)C(O)CCCCCCCCCCCCCC. The molecule has 0 aliphatic carbocycles. The molecule has 0 aromatic carbocycles. The van der Waals surface area contributed by atoms with Crippen LogP contribution in [0, 0.1) is 0 Å². The topological polar surface area (TPSA) is 128 Å². The van der Waals surface area contributed by atoms with Crippen molar-refractivity contribution >= 4 is 13.7 Å². The van der Waals surface area contributed by atoms with Crippen LogP contribution >= 0.6 is 7.82 Å². The zero-order valence-corrected chi connectivity index (χ0v) is 50.5. The number of nitrogens with zero attached hydrogens (tertiary/aromatic N) is 1. The van der Waals surface area contributed by atoms with Gasteiger partial charge >= 0.3 is 0 Å². The molecule has 438 valence electrons. The Hall–Kier alpha value is -2.10. The van der Waals surface area contributed by atoms with Crippen molar-refractivity contribution in [2.24, 2.45) is 0 Å². The summed E-state index contributed by atoms with van der Waals surface area (Å²) < 4.78 is 23.3. The van der Waals surface area contributed by atoms with E-state index in [0.717, 1.165) is 77.0 Å². The highest BCUT2D eigenvalue weighted by atomic mass is 31.2. The first-order chi connectivity index (χ1) is 36.4. The Morgan fingerprint density at radius 2 is 0.840 bits per heavy atom. The highest BCUT2D eigenvalue weighted by Gasteiger charge is 2.29. The molecule has 0 saturated carbocycles. The second kappa shape index (κ2) is 55.2. The minimum atomic E-state index is -4.67. The molecule has 4 atom stereocenters. The van der Waals surface area contributed by atoms with E-state index in [0.29, 0.717) is 17.4 Å². The molecule has 0 aromatic rings. The molecule has 1 amide bonds. The summed E-state index contributed by atoms with van der Waals surface area (Å²) in [6.45, 7) is 4.34. The van der Waals surface area contributed by atoms with Gasteiger partial charge in [-0.25, -0.2) is 0 Å². The third-order valence-electron chi connectivity index (χ3n) is 14.1. The van der Waals surface area contributed by atoms with Crippen LogP contribution in [-0.2, 0) is 18.4 Å². The molecule has 0 rings (SSSR count). The monoisotopic (exact) mass is 1070 g/mol. The molecule has 0 spiro atoms. The van der Waals surface area contributed by atoms with Gasteiger partial charge in [-0.3, -0.25) is 9.36 Å². The minimum Gasteiger partial charge on any atom is -0.756 e. The Morgan fingerprint density at radius 1 is 0.493 bits per heavy atom. The molecule has 3 N–H and O–H groups in total. The van der Waals surface area contributed by atoms with Crippen LogP contribution in [0.25, 0.3) is 0 Å². The van der Waals surface area contributed by atoms with Crippen molar-refractivity contribution in [3.63, 3.8) is 0 Å². The van der Waals surface area contributed by atoms with Gasteiger partial charge in [-0.15, -0.1) is 0 Å². The van der Waals surface area contributed by atoms with E-state index in [1.807, 2.05) is 21.1 Å². The number of nitrogens with one attached hydrogen (secondary N) is 1. The Kier molecular flexibility index (Phi) is 53.7. The summed E-state index contributed by atoms with van der Waals surface area (Å²) in [5.41, 5.74) is 0. The molecule has 9 nitrogen and oxygen atoms in total. The van der Waals surface area contributed by atoms with Crippen LogP contribution in [0.15, 0.2) is 72.9 Å². The number of aliphatic hydroxyl groups excluding tert-OH is 2. The van der Waals surface area contributed by atoms with Crippen molar-refractivity contribution in [1.82, 2.24) is 5.32 Å². The summed E-state index contributed by atoms with van der Waals surface area (Å²) in [6, 6.07) is -1.07. The molecule has 0 aromatic heterocycles. The average molecular weight is 1070 g/mol. The van der Waals surface area contributed by atoms with Gasteiger partial charge in [0.15, 0.2) is 0 Å². The molecule has 0 fully saturated rings. The van der Waals surface area contributed by atoms with Gasteiger partial charge in [0.05, 0.1) is 39.9 Å². The van der Waals surface area contributed by atoms with E-state index >= 15 is 0 Å². The number of likely N-dealkylation sites (N-methyl/N-ethyl adjacent to an activating group) is 1. The molecule has 0 bridgehead atoms. The first-order valence-corrected chi connectivity index (χ1v) is 32.8. The van der Waals surface area contributed by atoms with E-state index in [-0.39, 0.29) is 18.9 Å². The van der Waals surface area contributed by atoms with Crippen molar-refractivity contribution in [3.05, 3.63) is 72.9 Å². The largest absolute Gasteiger partial charge is 0.756 e. The van der Waals surface area contributed by atoms with Gasteiger partial charge < -0.3 is 34.0 Å². The van der Waals surface area contributed by atoms with Gasteiger partial charge in [0.25, 0.3) is 7.82 Å². The summed E-state index contributed by atoms with van der Waals surface area (Å²) in [7, 11) is 1.13. The Bertz CT molecular complexity index is 1470. The quantitative estimate of drug-likeness (QED) is 0.0239. The summed E-state index contributed by atoms with van der Waals surface area (Å²) >= 11 is 0. The van der Waals surface area contributed by atoms with Crippen LogP contribution < -0.4 is 10.2 Å². The van der Waals surface area contributed by atoms with Crippen LogP contribution in [-0.4, -0.2) is 79.8 Å². The first kappa shape index (κ1) is 72.9. The molecule has 0 aliphatic rings. The predicted molar refractivity (Wildman–Crippen MR) is 322 cm³/mol. The summed E-state index contributed by atoms with van der Waals surface area (Å²) in [6.07, 6.45) is 72.7. The van der Waals surface area contributed by atoms with E-state index in [9.17, 15) is 24.5 Å². The molecule has 0 heterocycles. The molecular formula is C65H121N2O7P. The van der Waals surface area contributed by atoms with Gasteiger partial charge in [0.1, 0.15) is 19.3 Å². The lowest BCUT2D eigenvalue weighted by atomic mass is 9.99. The van der Waals surface area contributed by atoms with Crippen molar-refractivity contribution in [2.45, 2.75) is 295 Å². The standard InChI is InChI=1S/C65H121N2O7P/c1-6-8-10-12-14-16-18-20-21-22-23-24-25-26-27-28-29-30-31-32-33-34-35-36-37-38-39-40-41-42-43-44-45-46-48-50-52-54-56-58-64(69)66-62(61-74-75(71,72)73-60-59-67(3,4)5)65(70)63(68)57-55-53-51-49-47-19-17-15-13-11-9-7-2/h8,10,14,16,20-21,23-24,26-27,29-30,62-63,65,68,70H,6-7,9,11-13,15,17-19,22,25,28,31-61H2,1-5H3,(H-,66,69,71,72)/b10-8-,16-14-,21-20-,24-23-,27-26-,30-29-. The number of phosphoric acid groups is 1. The van der Waals surface area contributed by atoms with Crippen molar-refractivity contribution in [3.8, 4) is 0 Å². The van der Waals surface area contributed by atoms with Crippen LogP contribution in [0.2, 0.25) is 0 Å². The third kappa shape index (κ3) is 56.4. The lowest BCUT2D eigenvalue weighted by molar-refractivity contribution is -0.870. The van der Waals surface area contributed by atoms with Crippen molar-refractivity contribution in [1.29, 1.82) is 0 Å². The second-order valence-electron chi connectivity index (χ2n) is 22.5. The number of quaternary nitrogens is 1. The zero-order chi connectivity index (χ0) is 55.0. The number of rotatable bonds is 57. The van der Waals surface area contributed by atoms with E-state index < -0.39 is 32.7 Å². The summed E-state index contributed by atoms with van der Waals surface area (Å²) in [4.78, 5) is 25.6. The fourth-order valence-electron chi connectivity index (χ4n) is 9.14. The molecule has 0 radical (unpaired) electrons. The number of aliphatic hydroxyl groups is 2. The fraction of sp³-hybridized carbons (Fsp3) is 0.800. The van der Waals surface area contributed by atoms with E-state index in [4.69, 9.17) is 9.05 Å². The maximum atomic E-state index is 13.0. The summed E-state index contributed by atoms with van der Waals surface area (Å²) in [5, 5.41) is 24.8. The fourth-order valence-corrected chi connectivity index (χ4v) is 9.87. The number of carbonyl (C=O) groups excluding carboxylic acids is 1. The lowest BCUT2D eigenvalue weighted by Gasteiger charge is -2.31. The first-order valence-electron chi connectivity index (χ1n) is 31.4. The number of allylic oxidation sites excluding steroid dienone is 12. The normalized spacial score (nSPS) is 14.7. The van der Waals surface area contributed by atoms with Crippen LogP contribution in [0.4, 0.5) is 0 Å². The second-order valence-corrected chi connectivity index (χ2v) is 23.9. The molecular weight excluding hydrogens is 952 g/mol. The Labute approximate surface area is 464 Å². The van der Waals surface area contributed by atoms with Gasteiger partial charge in [-0.1, -0.05) is 279 Å².